The molecule has 0 aliphatic heterocycles. The van der Waals surface area contributed by atoms with Crippen LogP contribution in [0.4, 0.5) is 4.79 Å². The normalized spacial score (nSPS) is 9.85. The summed E-state index contributed by atoms with van der Waals surface area (Å²) in [7, 11) is 0. The number of aromatic nitrogens is 1. The Morgan fingerprint density at radius 3 is 2.65 bits per heavy atom. The Balaban J connectivity index is 2.25. The molecule has 0 aliphatic rings. The average molecular weight is 300 g/mol. The maximum Gasteiger partial charge on any atom is 0.355 e. The number of amides is 3. The van der Waals surface area contributed by atoms with Gasteiger partial charge in [0, 0.05) is 11.9 Å². The van der Waals surface area contributed by atoms with Gasteiger partial charge in [-0.3, -0.25) is 4.79 Å². The molecule has 4 N–H and O–H groups in total. The Morgan fingerprint density at radius 2 is 2.05 bits per heavy atom. The second-order valence-corrected chi connectivity index (χ2v) is 4.76. The van der Waals surface area contributed by atoms with E-state index in [0.29, 0.717) is 11.6 Å². The molecule has 0 bridgehead atoms. The van der Waals surface area contributed by atoms with Crippen molar-refractivity contribution < 1.29 is 19.5 Å². The first-order chi connectivity index (χ1) is 9.52. The zero-order chi connectivity index (χ0) is 15.0. The van der Waals surface area contributed by atoms with Crippen molar-refractivity contribution in [2.45, 2.75) is 19.9 Å². The van der Waals surface area contributed by atoms with Crippen LogP contribution in [-0.4, -0.2) is 41.1 Å². The molecule has 9 heteroatoms. The molecule has 0 fully saturated rings. The lowest BCUT2D eigenvalue weighted by Gasteiger charge is -2.06. The van der Waals surface area contributed by atoms with Crippen LogP contribution in [0, 0.1) is 0 Å². The summed E-state index contributed by atoms with van der Waals surface area (Å²) >= 11 is 1.14. The molecule has 0 saturated carbocycles. The molecule has 1 heterocycles. The van der Waals surface area contributed by atoms with E-state index in [-0.39, 0.29) is 24.7 Å². The summed E-state index contributed by atoms with van der Waals surface area (Å²) in [4.78, 5) is 37.1. The van der Waals surface area contributed by atoms with Gasteiger partial charge in [0.15, 0.2) is 5.69 Å². The molecule has 1 rings (SSSR count). The van der Waals surface area contributed by atoms with Crippen molar-refractivity contribution in [3.63, 3.8) is 0 Å². The van der Waals surface area contributed by atoms with E-state index >= 15 is 0 Å². The van der Waals surface area contributed by atoms with Crippen LogP contribution in [0.3, 0.4) is 0 Å². The van der Waals surface area contributed by atoms with Crippen LogP contribution >= 0.6 is 11.3 Å². The molecular weight excluding hydrogens is 284 g/mol. The molecule has 3 amide bonds. The lowest BCUT2D eigenvalue weighted by molar-refractivity contribution is -0.120. The summed E-state index contributed by atoms with van der Waals surface area (Å²) in [5, 5.41) is 18.1. The second kappa shape index (κ2) is 8.10. The lowest BCUT2D eigenvalue weighted by atomic mass is 10.4. The number of carbonyl (C=O) groups excluding carboxylic acids is 2. The van der Waals surface area contributed by atoms with Crippen molar-refractivity contribution in [3.05, 3.63) is 16.1 Å². The van der Waals surface area contributed by atoms with E-state index in [4.69, 9.17) is 5.11 Å². The van der Waals surface area contributed by atoms with Crippen molar-refractivity contribution >= 4 is 29.2 Å². The number of nitrogens with one attached hydrogen (secondary N) is 3. The van der Waals surface area contributed by atoms with Crippen molar-refractivity contribution in [1.29, 1.82) is 0 Å². The third kappa shape index (κ3) is 5.65. The maximum atomic E-state index is 11.4. The molecule has 1 aromatic heterocycles. The van der Waals surface area contributed by atoms with Gasteiger partial charge in [0.2, 0.25) is 5.91 Å². The van der Waals surface area contributed by atoms with Gasteiger partial charge >= 0.3 is 12.0 Å². The zero-order valence-corrected chi connectivity index (χ0v) is 11.7. The molecular formula is C11H16N4O4S. The summed E-state index contributed by atoms with van der Waals surface area (Å²) in [5.41, 5.74) is -0.0499. The number of aromatic carboxylic acids is 1. The van der Waals surface area contributed by atoms with Gasteiger partial charge in [-0.25, -0.2) is 14.6 Å². The Kier molecular flexibility index (Phi) is 6.44. The van der Waals surface area contributed by atoms with Crippen LogP contribution in [0.2, 0.25) is 0 Å². The van der Waals surface area contributed by atoms with Crippen LogP contribution < -0.4 is 16.0 Å². The number of carboxylic acids is 1. The monoisotopic (exact) mass is 300 g/mol. The highest BCUT2D eigenvalue weighted by Gasteiger charge is 2.09. The summed E-state index contributed by atoms with van der Waals surface area (Å²) < 4.78 is 0. The van der Waals surface area contributed by atoms with Gasteiger partial charge in [-0.1, -0.05) is 6.92 Å². The molecule has 0 spiro atoms. The third-order valence-corrected chi connectivity index (χ3v) is 3.00. The van der Waals surface area contributed by atoms with Crippen LogP contribution in [0.15, 0.2) is 5.38 Å². The summed E-state index contributed by atoms with van der Waals surface area (Å²) in [6.45, 7) is 2.50. The van der Waals surface area contributed by atoms with Crippen molar-refractivity contribution in [3.8, 4) is 0 Å². The minimum Gasteiger partial charge on any atom is -0.476 e. The fourth-order valence-corrected chi connectivity index (χ4v) is 1.90. The fraction of sp³-hybridized carbons (Fsp3) is 0.455. The molecule has 20 heavy (non-hydrogen) atoms. The number of nitrogens with zero attached hydrogens (tertiary/aromatic N) is 1. The quantitative estimate of drug-likeness (QED) is 0.572. The van der Waals surface area contributed by atoms with Crippen LogP contribution in [0.25, 0.3) is 0 Å². The summed E-state index contributed by atoms with van der Waals surface area (Å²) in [5.74, 6) is -1.37. The molecule has 110 valence electrons. The lowest BCUT2D eigenvalue weighted by Crippen LogP contribution is -2.41. The van der Waals surface area contributed by atoms with Gasteiger partial charge in [-0.15, -0.1) is 11.3 Å². The number of carboxylic acid groups (broad SMARTS) is 1. The van der Waals surface area contributed by atoms with E-state index in [9.17, 15) is 14.4 Å². The van der Waals surface area contributed by atoms with Crippen molar-refractivity contribution in [2.24, 2.45) is 0 Å². The van der Waals surface area contributed by atoms with E-state index < -0.39 is 12.0 Å². The molecule has 0 aromatic carbocycles. The van der Waals surface area contributed by atoms with E-state index in [1.54, 1.807) is 0 Å². The largest absolute Gasteiger partial charge is 0.476 e. The molecule has 0 atom stereocenters. The highest BCUT2D eigenvalue weighted by Crippen LogP contribution is 2.08. The van der Waals surface area contributed by atoms with Gasteiger partial charge in [0.1, 0.15) is 5.01 Å². The summed E-state index contributed by atoms with van der Waals surface area (Å²) in [6, 6.07) is -0.510. The van der Waals surface area contributed by atoms with Gasteiger partial charge in [0.05, 0.1) is 13.1 Å². The van der Waals surface area contributed by atoms with Crippen LogP contribution in [-0.2, 0) is 11.3 Å². The minimum atomic E-state index is -1.11. The molecule has 0 saturated heterocycles. The van der Waals surface area contributed by atoms with E-state index in [1.807, 2.05) is 6.92 Å². The molecule has 0 unspecified atom stereocenters. The number of hydrogen-bond acceptors (Lipinski definition) is 5. The van der Waals surface area contributed by atoms with E-state index in [0.717, 1.165) is 17.8 Å². The minimum absolute atomic E-state index is 0.0499. The predicted molar refractivity (Wildman–Crippen MR) is 72.6 cm³/mol. The molecule has 0 radical (unpaired) electrons. The number of urea groups is 1. The number of thiazole rings is 1. The first-order valence-corrected chi connectivity index (χ1v) is 6.87. The highest BCUT2D eigenvalue weighted by molar-refractivity contribution is 7.09. The first-order valence-electron chi connectivity index (χ1n) is 5.99. The van der Waals surface area contributed by atoms with Crippen LogP contribution in [0.1, 0.15) is 28.8 Å². The van der Waals surface area contributed by atoms with E-state index in [1.165, 1.54) is 5.38 Å². The Bertz CT molecular complexity index is 489. The zero-order valence-electron chi connectivity index (χ0n) is 10.9. The second-order valence-electron chi connectivity index (χ2n) is 3.82. The molecule has 1 aromatic rings. The summed E-state index contributed by atoms with van der Waals surface area (Å²) in [6.07, 6.45) is 0.827. The van der Waals surface area contributed by atoms with Gasteiger partial charge in [-0.05, 0) is 6.42 Å². The Morgan fingerprint density at radius 1 is 1.30 bits per heavy atom. The maximum absolute atomic E-state index is 11.4. The molecule has 0 aliphatic carbocycles. The SMILES string of the molecule is CCCNC(=O)CNC(=O)NCc1nc(C(=O)O)cs1. The molecule has 8 nitrogen and oxygen atoms in total. The topological polar surface area (TPSA) is 120 Å². The third-order valence-electron chi connectivity index (χ3n) is 2.15. The van der Waals surface area contributed by atoms with Crippen molar-refractivity contribution in [1.82, 2.24) is 20.9 Å². The van der Waals surface area contributed by atoms with Crippen LogP contribution in [0.5, 0.6) is 0 Å². The highest BCUT2D eigenvalue weighted by atomic mass is 32.1. The first kappa shape index (κ1) is 15.9. The Labute approximate surface area is 119 Å². The predicted octanol–water partition coefficient (Wildman–Crippen LogP) is 0.167. The van der Waals surface area contributed by atoms with Gasteiger partial charge in [0.25, 0.3) is 0 Å². The number of hydrogen-bond donors (Lipinski definition) is 4. The van der Waals surface area contributed by atoms with Crippen molar-refractivity contribution in [2.75, 3.05) is 13.1 Å². The smallest absolute Gasteiger partial charge is 0.355 e. The average Bonchev–Trinajstić information content (AvgIpc) is 2.89. The number of rotatable bonds is 7. The van der Waals surface area contributed by atoms with Gasteiger partial charge < -0.3 is 21.1 Å². The fourth-order valence-electron chi connectivity index (χ4n) is 1.20. The Hall–Kier alpha value is -2.16. The standard InChI is InChI=1S/C11H16N4O4S/c1-2-3-12-8(16)4-13-11(19)14-5-9-15-7(6-20-9)10(17)18/h6H,2-5H2,1H3,(H,12,16)(H,17,18)(H2,13,14,19). The number of carbonyl (C=O) groups is 3. The van der Waals surface area contributed by atoms with Gasteiger partial charge in [-0.2, -0.15) is 0 Å². The van der Waals surface area contributed by atoms with E-state index in [2.05, 4.69) is 20.9 Å².